The van der Waals surface area contributed by atoms with Gasteiger partial charge in [-0.25, -0.2) is 4.79 Å². The summed E-state index contributed by atoms with van der Waals surface area (Å²) in [6.45, 7) is 2.07. The van der Waals surface area contributed by atoms with Crippen molar-refractivity contribution in [1.29, 1.82) is 0 Å². The maximum atomic E-state index is 12.9. The first kappa shape index (κ1) is 21.2. The van der Waals surface area contributed by atoms with Crippen LogP contribution < -0.4 is 24.8 Å². The standard InChI is InChI=1S/C19H21F3N2O4/c1-4-28-15-8-6-13(19(20,21)22)10-14(15)24-18(25)23-11-12-5-7-16(26-2)17(9-12)27-3/h5-10H,4,11H2,1-3H3,(H2,23,24,25). The first-order valence-electron chi connectivity index (χ1n) is 8.38. The smallest absolute Gasteiger partial charge is 0.416 e. The summed E-state index contributed by atoms with van der Waals surface area (Å²) in [7, 11) is 3.00. The fourth-order valence-corrected chi connectivity index (χ4v) is 2.42. The summed E-state index contributed by atoms with van der Waals surface area (Å²) >= 11 is 0. The van der Waals surface area contributed by atoms with Crippen molar-refractivity contribution in [3.8, 4) is 17.2 Å². The van der Waals surface area contributed by atoms with Gasteiger partial charge in [0.15, 0.2) is 11.5 Å². The normalized spacial score (nSPS) is 10.9. The average molecular weight is 398 g/mol. The Hall–Kier alpha value is -3.10. The van der Waals surface area contributed by atoms with Crippen molar-refractivity contribution in [2.75, 3.05) is 26.1 Å². The Morgan fingerprint density at radius 2 is 1.68 bits per heavy atom. The van der Waals surface area contributed by atoms with E-state index in [0.29, 0.717) is 11.5 Å². The number of hydrogen-bond acceptors (Lipinski definition) is 4. The summed E-state index contributed by atoms with van der Waals surface area (Å²) in [6.07, 6.45) is -4.53. The predicted octanol–water partition coefficient (Wildman–Crippen LogP) is 4.44. The molecule has 2 rings (SSSR count). The van der Waals surface area contributed by atoms with E-state index in [9.17, 15) is 18.0 Å². The minimum Gasteiger partial charge on any atom is -0.493 e. The van der Waals surface area contributed by atoms with Gasteiger partial charge in [0.05, 0.1) is 32.1 Å². The summed E-state index contributed by atoms with van der Waals surface area (Å²) < 4.78 is 54.4. The van der Waals surface area contributed by atoms with Gasteiger partial charge in [-0.05, 0) is 42.8 Å². The van der Waals surface area contributed by atoms with Crippen LogP contribution in [0.5, 0.6) is 17.2 Å². The molecule has 28 heavy (non-hydrogen) atoms. The van der Waals surface area contributed by atoms with Crippen molar-refractivity contribution in [3.05, 3.63) is 47.5 Å². The van der Waals surface area contributed by atoms with Crippen molar-refractivity contribution in [3.63, 3.8) is 0 Å². The van der Waals surface area contributed by atoms with E-state index in [1.54, 1.807) is 25.1 Å². The number of alkyl halides is 3. The van der Waals surface area contributed by atoms with Crippen LogP contribution in [0.4, 0.5) is 23.7 Å². The van der Waals surface area contributed by atoms with Crippen LogP contribution in [0.3, 0.4) is 0 Å². The summed E-state index contributed by atoms with van der Waals surface area (Å²) in [5.41, 5.74) is -0.227. The molecule has 0 unspecified atom stereocenters. The average Bonchev–Trinajstić information content (AvgIpc) is 2.66. The maximum Gasteiger partial charge on any atom is 0.416 e. The van der Waals surface area contributed by atoms with Crippen molar-refractivity contribution in [2.24, 2.45) is 0 Å². The number of carbonyl (C=O) groups is 1. The van der Waals surface area contributed by atoms with E-state index in [-0.39, 0.29) is 24.6 Å². The van der Waals surface area contributed by atoms with Crippen LogP contribution in [-0.2, 0) is 12.7 Å². The number of urea groups is 1. The fraction of sp³-hybridized carbons (Fsp3) is 0.316. The van der Waals surface area contributed by atoms with Crippen LogP contribution in [0.25, 0.3) is 0 Å². The molecular weight excluding hydrogens is 377 g/mol. The van der Waals surface area contributed by atoms with Gasteiger partial charge in [-0.15, -0.1) is 0 Å². The molecule has 152 valence electrons. The molecule has 0 aromatic heterocycles. The maximum absolute atomic E-state index is 12.9. The van der Waals surface area contributed by atoms with Gasteiger partial charge in [0.25, 0.3) is 0 Å². The second-order valence-electron chi connectivity index (χ2n) is 5.64. The SMILES string of the molecule is CCOc1ccc(C(F)(F)F)cc1NC(=O)NCc1ccc(OC)c(OC)c1. The molecular formula is C19H21F3N2O4. The molecule has 9 heteroatoms. The van der Waals surface area contributed by atoms with Crippen LogP contribution in [0, 0.1) is 0 Å². The number of nitrogens with one attached hydrogen (secondary N) is 2. The molecule has 0 fully saturated rings. The molecule has 0 bridgehead atoms. The highest BCUT2D eigenvalue weighted by atomic mass is 19.4. The van der Waals surface area contributed by atoms with E-state index in [0.717, 1.165) is 17.7 Å². The van der Waals surface area contributed by atoms with Gasteiger partial charge in [-0.3, -0.25) is 0 Å². The van der Waals surface area contributed by atoms with Gasteiger partial charge < -0.3 is 24.8 Å². The molecule has 0 aliphatic heterocycles. The molecule has 0 saturated heterocycles. The third-order valence-corrected chi connectivity index (χ3v) is 3.76. The number of hydrogen-bond donors (Lipinski definition) is 2. The lowest BCUT2D eigenvalue weighted by atomic mass is 10.1. The van der Waals surface area contributed by atoms with Gasteiger partial charge >= 0.3 is 12.2 Å². The molecule has 0 heterocycles. The molecule has 2 amide bonds. The van der Waals surface area contributed by atoms with Crippen molar-refractivity contribution in [1.82, 2.24) is 5.32 Å². The first-order chi connectivity index (χ1) is 13.3. The molecule has 2 aromatic rings. The van der Waals surface area contributed by atoms with Gasteiger partial charge in [0.2, 0.25) is 0 Å². The zero-order chi connectivity index (χ0) is 20.7. The molecule has 6 nitrogen and oxygen atoms in total. The highest BCUT2D eigenvalue weighted by Gasteiger charge is 2.31. The lowest BCUT2D eigenvalue weighted by molar-refractivity contribution is -0.137. The van der Waals surface area contributed by atoms with Crippen LogP contribution in [0.1, 0.15) is 18.1 Å². The summed E-state index contributed by atoms with van der Waals surface area (Å²) in [5.74, 6) is 1.19. The van der Waals surface area contributed by atoms with E-state index in [1.807, 2.05) is 0 Å². The van der Waals surface area contributed by atoms with Crippen LogP contribution in [0.15, 0.2) is 36.4 Å². The van der Waals surface area contributed by atoms with Gasteiger partial charge in [0.1, 0.15) is 5.75 Å². The highest BCUT2D eigenvalue weighted by Crippen LogP contribution is 2.35. The number of ether oxygens (including phenoxy) is 3. The number of halogens is 3. The lowest BCUT2D eigenvalue weighted by Gasteiger charge is -2.15. The molecule has 0 atom stereocenters. The number of rotatable bonds is 7. The number of methoxy groups -OCH3 is 2. The topological polar surface area (TPSA) is 68.8 Å². The number of anilines is 1. The second-order valence-corrected chi connectivity index (χ2v) is 5.64. The first-order valence-corrected chi connectivity index (χ1v) is 8.38. The highest BCUT2D eigenvalue weighted by molar-refractivity contribution is 5.91. The quantitative estimate of drug-likeness (QED) is 0.723. The van der Waals surface area contributed by atoms with Crippen LogP contribution in [0.2, 0.25) is 0 Å². The molecule has 0 aliphatic carbocycles. The third-order valence-electron chi connectivity index (χ3n) is 3.76. The molecule has 2 aromatic carbocycles. The molecule has 0 spiro atoms. The Bertz CT molecular complexity index is 825. The third kappa shape index (κ3) is 5.45. The van der Waals surface area contributed by atoms with E-state index in [2.05, 4.69) is 10.6 Å². The second kappa shape index (κ2) is 9.20. The monoisotopic (exact) mass is 398 g/mol. The van der Waals surface area contributed by atoms with Crippen LogP contribution >= 0.6 is 0 Å². The zero-order valence-electron chi connectivity index (χ0n) is 15.6. The Morgan fingerprint density at radius 1 is 1.00 bits per heavy atom. The van der Waals surface area contributed by atoms with Gasteiger partial charge in [0, 0.05) is 6.54 Å². The van der Waals surface area contributed by atoms with E-state index in [1.165, 1.54) is 20.3 Å². The van der Waals surface area contributed by atoms with Crippen molar-refractivity contribution in [2.45, 2.75) is 19.6 Å². The minimum absolute atomic E-state index is 0.0681. The molecule has 0 saturated carbocycles. The Morgan fingerprint density at radius 3 is 2.29 bits per heavy atom. The minimum atomic E-state index is -4.53. The van der Waals surface area contributed by atoms with Crippen molar-refractivity contribution >= 4 is 11.7 Å². The lowest BCUT2D eigenvalue weighted by Crippen LogP contribution is -2.28. The number of carbonyl (C=O) groups excluding carboxylic acids is 1. The Kier molecular flexibility index (Phi) is 6.97. The Labute approximate surface area is 160 Å². The summed E-state index contributed by atoms with van der Waals surface area (Å²) in [6, 6.07) is 7.35. The fourth-order valence-electron chi connectivity index (χ4n) is 2.42. The van der Waals surface area contributed by atoms with Crippen molar-refractivity contribution < 1.29 is 32.2 Å². The van der Waals surface area contributed by atoms with Gasteiger partial charge in [-0.2, -0.15) is 13.2 Å². The van der Waals surface area contributed by atoms with E-state index in [4.69, 9.17) is 14.2 Å². The molecule has 2 N–H and O–H groups in total. The van der Waals surface area contributed by atoms with E-state index >= 15 is 0 Å². The van der Waals surface area contributed by atoms with E-state index < -0.39 is 17.8 Å². The summed E-state index contributed by atoms with van der Waals surface area (Å²) in [5, 5.41) is 4.98. The predicted molar refractivity (Wildman–Crippen MR) is 98.0 cm³/mol. The van der Waals surface area contributed by atoms with Crippen LogP contribution in [-0.4, -0.2) is 26.9 Å². The zero-order valence-corrected chi connectivity index (χ0v) is 15.6. The number of benzene rings is 2. The Balaban J connectivity index is 2.10. The van der Waals surface area contributed by atoms with Gasteiger partial charge in [-0.1, -0.05) is 6.07 Å². The largest absolute Gasteiger partial charge is 0.493 e. The molecule has 0 radical (unpaired) electrons. The number of amides is 2. The summed E-state index contributed by atoms with van der Waals surface area (Å²) in [4.78, 5) is 12.2. The molecule has 0 aliphatic rings.